The molecule has 0 bridgehead atoms. The topological polar surface area (TPSA) is 55.5 Å². The summed E-state index contributed by atoms with van der Waals surface area (Å²) >= 11 is 0. The Morgan fingerprint density at radius 2 is 2.10 bits per heavy atom. The van der Waals surface area contributed by atoms with E-state index in [4.69, 9.17) is 15.6 Å². The molecule has 0 aromatic heterocycles. The molecule has 0 fully saturated rings. The largest absolute Gasteiger partial charge is 0.394 e. The summed E-state index contributed by atoms with van der Waals surface area (Å²) < 4.78 is 4.87. The molecule has 62 valence electrons. The molecule has 0 saturated carbocycles. The molecule has 0 aliphatic heterocycles. The molecule has 0 radical (unpaired) electrons. The highest BCUT2D eigenvalue weighted by molar-refractivity contribution is 4.86. The second kappa shape index (κ2) is 3.91. The van der Waals surface area contributed by atoms with Crippen molar-refractivity contribution in [2.24, 2.45) is 11.7 Å². The number of aliphatic hydroxyl groups is 1. The van der Waals surface area contributed by atoms with Gasteiger partial charge in [0.2, 0.25) is 0 Å². The summed E-state index contributed by atoms with van der Waals surface area (Å²) in [6, 6.07) is 0. The highest BCUT2D eigenvalue weighted by Gasteiger charge is 2.27. The molecule has 0 spiro atoms. The third-order valence-corrected chi connectivity index (χ3v) is 1.86. The van der Waals surface area contributed by atoms with Crippen molar-refractivity contribution in [3.63, 3.8) is 0 Å². The average Bonchev–Trinajstić information content (AvgIpc) is 1.88. The number of aliphatic hydroxyl groups excluding tert-OH is 1. The molecule has 1 unspecified atom stereocenters. The van der Waals surface area contributed by atoms with Gasteiger partial charge in [-0.15, -0.1) is 0 Å². The molecular formula is C7H17NO2. The lowest BCUT2D eigenvalue weighted by Crippen LogP contribution is -2.52. The van der Waals surface area contributed by atoms with Crippen LogP contribution in [0.3, 0.4) is 0 Å². The van der Waals surface area contributed by atoms with E-state index >= 15 is 0 Å². The summed E-state index contributed by atoms with van der Waals surface area (Å²) in [6.45, 7) is 4.31. The van der Waals surface area contributed by atoms with E-state index in [1.165, 1.54) is 0 Å². The van der Waals surface area contributed by atoms with Crippen LogP contribution in [0.5, 0.6) is 0 Å². The quantitative estimate of drug-likeness (QED) is 0.587. The van der Waals surface area contributed by atoms with Crippen molar-refractivity contribution in [2.75, 3.05) is 20.3 Å². The number of ether oxygens (including phenoxy) is 1. The maximum Gasteiger partial charge on any atom is 0.0667 e. The monoisotopic (exact) mass is 147 g/mol. The highest BCUT2D eigenvalue weighted by Crippen LogP contribution is 2.12. The lowest BCUT2D eigenvalue weighted by Gasteiger charge is -2.30. The van der Waals surface area contributed by atoms with Gasteiger partial charge >= 0.3 is 0 Å². The van der Waals surface area contributed by atoms with Crippen LogP contribution < -0.4 is 5.73 Å². The van der Waals surface area contributed by atoms with Gasteiger partial charge < -0.3 is 15.6 Å². The second-order valence-electron chi connectivity index (χ2n) is 2.98. The molecule has 0 aliphatic rings. The molecular weight excluding hydrogens is 130 g/mol. The van der Waals surface area contributed by atoms with Crippen molar-refractivity contribution < 1.29 is 9.84 Å². The van der Waals surface area contributed by atoms with Crippen LogP contribution in [0.2, 0.25) is 0 Å². The maximum atomic E-state index is 8.88. The van der Waals surface area contributed by atoms with E-state index in [9.17, 15) is 0 Å². The highest BCUT2D eigenvalue weighted by atomic mass is 16.5. The summed E-state index contributed by atoms with van der Waals surface area (Å²) in [5.41, 5.74) is 5.20. The fourth-order valence-corrected chi connectivity index (χ4v) is 0.664. The first-order chi connectivity index (χ1) is 4.56. The molecule has 0 aromatic carbocycles. The van der Waals surface area contributed by atoms with Gasteiger partial charge in [-0.25, -0.2) is 0 Å². The third kappa shape index (κ3) is 2.25. The average molecular weight is 147 g/mol. The van der Waals surface area contributed by atoms with E-state index in [1.807, 2.05) is 13.8 Å². The number of hydrogen-bond acceptors (Lipinski definition) is 3. The minimum atomic E-state index is -0.575. The fourth-order valence-electron chi connectivity index (χ4n) is 0.664. The molecule has 1 atom stereocenters. The summed E-state index contributed by atoms with van der Waals surface area (Å²) in [5, 5.41) is 8.88. The van der Waals surface area contributed by atoms with Crippen molar-refractivity contribution in [3.8, 4) is 0 Å². The van der Waals surface area contributed by atoms with Crippen LogP contribution in [0.4, 0.5) is 0 Å². The summed E-state index contributed by atoms with van der Waals surface area (Å²) in [4.78, 5) is 0. The molecule has 0 rings (SSSR count). The van der Waals surface area contributed by atoms with Gasteiger partial charge in [-0.05, 0) is 5.92 Å². The van der Waals surface area contributed by atoms with Crippen LogP contribution >= 0.6 is 0 Å². The Morgan fingerprint density at radius 1 is 1.60 bits per heavy atom. The number of nitrogens with two attached hydrogens (primary N) is 1. The minimum Gasteiger partial charge on any atom is -0.394 e. The number of hydrogen-bond donors (Lipinski definition) is 2. The molecule has 3 heteroatoms. The van der Waals surface area contributed by atoms with Gasteiger partial charge in [-0.3, -0.25) is 0 Å². The van der Waals surface area contributed by atoms with Crippen molar-refractivity contribution in [2.45, 2.75) is 19.4 Å². The first kappa shape index (κ1) is 9.88. The summed E-state index contributed by atoms with van der Waals surface area (Å²) in [7, 11) is 1.58. The zero-order valence-electron chi connectivity index (χ0n) is 6.92. The smallest absolute Gasteiger partial charge is 0.0667 e. The van der Waals surface area contributed by atoms with Crippen LogP contribution in [0.25, 0.3) is 0 Å². The zero-order valence-corrected chi connectivity index (χ0v) is 6.92. The van der Waals surface area contributed by atoms with Crippen LogP contribution in [-0.2, 0) is 4.74 Å². The van der Waals surface area contributed by atoms with E-state index < -0.39 is 5.54 Å². The summed E-state index contributed by atoms with van der Waals surface area (Å²) in [5.74, 6) is 0.234. The van der Waals surface area contributed by atoms with Crippen molar-refractivity contribution in [3.05, 3.63) is 0 Å². The van der Waals surface area contributed by atoms with Crippen LogP contribution in [0, 0.1) is 5.92 Å². The normalized spacial score (nSPS) is 17.4. The molecule has 0 amide bonds. The lowest BCUT2D eigenvalue weighted by molar-refractivity contribution is 0.0594. The number of methoxy groups -OCH3 is 1. The van der Waals surface area contributed by atoms with Gasteiger partial charge in [-0.1, -0.05) is 13.8 Å². The van der Waals surface area contributed by atoms with Gasteiger partial charge in [0.05, 0.1) is 18.8 Å². The van der Waals surface area contributed by atoms with Crippen molar-refractivity contribution >= 4 is 0 Å². The first-order valence-electron chi connectivity index (χ1n) is 3.45. The van der Waals surface area contributed by atoms with Crippen LogP contribution in [0.1, 0.15) is 13.8 Å². The standard InChI is InChI=1S/C7H17NO2/c1-6(2)7(8,4-9)5-10-3/h6,9H,4-5,8H2,1-3H3. The van der Waals surface area contributed by atoms with Crippen molar-refractivity contribution in [1.82, 2.24) is 0 Å². The Morgan fingerprint density at radius 3 is 2.20 bits per heavy atom. The van der Waals surface area contributed by atoms with E-state index in [1.54, 1.807) is 7.11 Å². The Hall–Kier alpha value is -0.120. The summed E-state index contributed by atoms with van der Waals surface area (Å²) in [6.07, 6.45) is 0. The molecule has 0 aromatic rings. The lowest BCUT2D eigenvalue weighted by atomic mass is 9.89. The van der Waals surface area contributed by atoms with Crippen LogP contribution in [-0.4, -0.2) is 31.0 Å². The van der Waals surface area contributed by atoms with Gasteiger partial charge in [0.25, 0.3) is 0 Å². The Bertz CT molecular complexity index is 95.6. The van der Waals surface area contributed by atoms with E-state index in [-0.39, 0.29) is 12.5 Å². The second-order valence-corrected chi connectivity index (χ2v) is 2.98. The first-order valence-corrected chi connectivity index (χ1v) is 3.45. The van der Waals surface area contributed by atoms with Gasteiger partial charge in [-0.2, -0.15) is 0 Å². The predicted octanol–water partition coefficient (Wildman–Crippen LogP) is -0.0214. The third-order valence-electron chi connectivity index (χ3n) is 1.86. The molecule has 3 N–H and O–H groups in total. The van der Waals surface area contributed by atoms with Crippen molar-refractivity contribution in [1.29, 1.82) is 0 Å². The van der Waals surface area contributed by atoms with Gasteiger partial charge in [0.1, 0.15) is 0 Å². The van der Waals surface area contributed by atoms with E-state index in [2.05, 4.69) is 0 Å². The van der Waals surface area contributed by atoms with Gasteiger partial charge in [0.15, 0.2) is 0 Å². The maximum absolute atomic E-state index is 8.88. The minimum absolute atomic E-state index is 0.0293. The molecule has 10 heavy (non-hydrogen) atoms. The fraction of sp³-hybridized carbons (Fsp3) is 1.00. The predicted molar refractivity (Wildman–Crippen MR) is 40.7 cm³/mol. The Balaban J connectivity index is 3.94. The Labute approximate surface area is 62.2 Å². The molecule has 3 nitrogen and oxygen atoms in total. The molecule has 0 saturated heterocycles. The number of rotatable bonds is 4. The van der Waals surface area contributed by atoms with E-state index in [0.717, 1.165) is 0 Å². The van der Waals surface area contributed by atoms with Gasteiger partial charge in [0, 0.05) is 7.11 Å². The van der Waals surface area contributed by atoms with Crippen LogP contribution in [0.15, 0.2) is 0 Å². The zero-order chi connectivity index (χ0) is 8.20. The Kier molecular flexibility index (Phi) is 3.86. The SMILES string of the molecule is COCC(N)(CO)C(C)C. The van der Waals surface area contributed by atoms with E-state index in [0.29, 0.717) is 6.61 Å². The molecule has 0 heterocycles. The molecule has 0 aliphatic carbocycles.